The lowest BCUT2D eigenvalue weighted by molar-refractivity contribution is 0.245. The Morgan fingerprint density at radius 1 is 1.00 bits per heavy atom. The lowest BCUT2D eigenvalue weighted by Gasteiger charge is -2.20. The molecule has 3 rings (SSSR count). The fourth-order valence-corrected chi connectivity index (χ4v) is 2.88. The summed E-state index contributed by atoms with van der Waals surface area (Å²) in [6.45, 7) is 7.26. The quantitative estimate of drug-likeness (QED) is 0.636. The van der Waals surface area contributed by atoms with Crippen LogP contribution in [0.3, 0.4) is 0 Å². The van der Waals surface area contributed by atoms with E-state index in [0.717, 1.165) is 42.4 Å². The standard InChI is InChI=1S/C21H25N3O/c1-4-23(5-2)16-24-20-9-7-6-8-19(20)22-21(24)15-12-17-10-13-18(25-3)14-11-17/h6-15H,4-5,16H2,1-3H3. The second kappa shape index (κ2) is 7.99. The molecule has 130 valence electrons. The number of hydrogen-bond acceptors (Lipinski definition) is 3. The van der Waals surface area contributed by atoms with Gasteiger partial charge in [0.1, 0.15) is 11.6 Å². The van der Waals surface area contributed by atoms with E-state index in [4.69, 9.17) is 9.72 Å². The molecule has 0 unspecified atom stereocenters. The Hall–Kier alpha value is -2.59. The summed E-state index contributed by atoms with van der Waals surface area (Å²) >= 11 is 0. The molecule has 1 heterocycles. The maximum Gasteiger partial charge on any atom is 0.134 e. The van der Waals surface area contributed by atoms with Gasteiger partial charge < -0.3 is 9.30 Å². The fraction of sp³-hybridized carbons (Fsp3) is 0.286. The predicted octanol–water partition coefficient (Wildman–Crippen LogP) is 4.51. The number of nitrogens with zero attached hydrogens (tertiary/aromatic N) is 3. The van der Waals surface area contributed by atoms with Gasteiger partial charge in [-0.1, -0.05) is 44.2 Å². The maximum absolute atomic E-state index is 5.21. The van der Waals surface area contributed by atoms with Crippen LogP contribution >= 0.6 is 0 Å². The number of ether oxygens (including phenoxy) is 1. The highest BCUT2D eigenvalue weighted by Gasteiger charge is 2.10. The van der Waals surface area contributed by atoms with Gasteiger partial charge in [-0.05, 0) is 49.0 Å². The number of fused-ring (bicyclic) bond motifs is 1. The van der Waals surface area contributed by atoms with Gasteiger partial charge in [-0.2, -0.15) is 0 Å². The highest BCUT2D eigenvalue weighted by Crippen LogP contribution is 2.19. The van der Waals surface area contributed by atoms with Crippen molar-refractivity contribution in [2.24, 2.45) is 0 Å². The fourth-order valence-electron chi connectivity index (χ4n) is 2.88. The van der Waals surface area contributed by atoms with E-state index in [9.17, 15) is 0 Å². The van der Waals surface area contributed by atoms with Gasteiger partial charge >= 0.3 is 0 Å². The molecule has 0 fully saturated rings. The SMILES string of the molecule is CCN(CC)Cn1c(C=Cc2ccc(OC)cc2)nc2ccccc21. The summed E-state index contributed by atoms with van der Waals surface area (Å²) < 4.78 is 7.49. The Labute approximate surface area is 149 Å². The second-order valence-electron chi connectivity index (χ2n) is 5.94. The van der Waals surface area contributed by atoms with Gasteiger partial charge in [0, 0.05) is 0 Å². The molecule has 0 saturated carbocycles. The average molecular weight is 335 g/mol. The molecule has 0 saturated heterocycles. The molecule has 0 aliphatic carbocycles. The molecule has 0 radical (unpaired) electrons. The minimum Gasteiger partial charge on any atom is -0.497 e. The normalized spacial score (nSPS) is 11.7. The maximum atomic E-state index is 5.21. The molecule has 0 aliphatic rings. The Morgan fingerprint density at radius 2 is 1.72 bits per heavy atom. The van der Waals surface area contributed by atoms with Crippen LogP contribution in [0.4, 0.5) is 0 Å². The summed E-state index contributed by atoms with van der Waals surface area (Å²) in [5.74, 6) is 1.84. The molecular formula is C21H25N3O. The molecule has 25 heavy (non-hydrogen) atoms. The minimum absolute atomic E-state index is 0.843. The lowest BCUT2D eigenvalue weighted by Crippen LogP contribution is -2.26. The zero-order chi connectivity index (χ0) is 17.6. The van der Waals surface area contributed by atoms with Crippen LogP contribution in [0.1, 0.15) is 25.2 Å². The van der Waals surface area contributed by atoms with Crippen molar-refractivity contribution >= 4 is 23.2 Å². The molecule has 0 atom stereocenters. The minimum atomic E-state index is 0.843. The monoisotopic (exact) mass is 335 g/mol. The van der Waals surface area contributed by atoms with E-state index >= 15 is 0 Å². The van der Waals surface area contributed by atoms with Crippen LogP contribution in [-0.2, 0) is 6.67 Å². The molecule has 0 amide bonds. The molecule has 1 aromatic heterocycles. The first-order valence-electron chi connectivity index (χ1n) is 8.75. The third-order valence-electron chi connectivity index (χ3n) is 4.46. The van der Waals surface area contributed by atoms with Gasteiger partial charge in [-0.15, -0.1) is 0 Å². The van der Waals surface area contributed by atoms with Crippen molar-refractivity contribution in [3.05, 3.63) is 59.9 Å². The van der Waals surface area contributed by atoms with Gasteiger partial charge in [0.25, 0.3) is 0 Å². The van der Waals surface area contributed by atoms with Crippen molar-refractivity contribution in [3.63, 3.8) is 0 Å². The topological polar surface area (TPSA) is 30.3 Å². The Balaban J connectivity index is 1.94. The average Bonchev–Trinajstić information content (AvgIpc) is 3.02. The van der Waals surface area contributed by atoms with E-state index in [2.05, 4.69) is 53.7 Å². The Kier molecular flexibility index (Phi) is 5.51. The van der Waals surface area contributed by atoms with Gasteiger partial charge in [0.05, 0.1) is 24.8 Å². The van der Waals surface area contributed by atoms with Crippen LogP contribution < -0.4 is 4.74 Å². The summed E-state index contributed by atoms with van der Waals surface area (Å²) in [7, 11) is 1.68. The van der Waals surface area contributed by atoms with E-state index < -0.39 is 0 Å². The number of benzene rings is 2. The smallest absolute Gasteiger partial charge is 0.134 e. The van der Waals surface area contributed by atoms with Crippen LogP contribution in [0, 0.1) is 0 Å². The molecule has 0 spiro atoms. The van der Waals surface area contributed by atoms with Crippen molar-refractivity contribution in [2.75, 3.05) is 20.2 Å². The third-order valence-corrected chi connectivity index (χ3v) is 4.46. The number of methoxy groups -OCH3 is 1. The van der Waals surface area contributed by atoms with E-state index in [0.29, 0.717) is 0 Å². The highest BCUT2D eigenvalue weighted by atomic mass is 16.5. The van der Waals surface area contributed by atoms with E-state index in [-0.39, 0.29) is 0 Å². The molecule has 0 N–H and O–H groups in total. The number of para-hydroxylation sites is 2. The molecule has 3 aromatic rings. The molecular weight excluding hydrogens is 310 g/mol. The summed E-state index contributed by atoms with van der Waals surface area (Å²) in [5, 5.41) is 0. The van der Waals surface area contributed by atoms with Crippen molar-refractivity contribution in [1.29, 1.82) is 0 Å². The number of aromatic nitrogens is 2. The summed E-state index contributed by atoms with van der Waals surface area (Å²) in [6, 6.07) is 16.3. The lowest BCUT2D eigenvalue weighted by atomic mass is 10.2. The van der Waals surface area contributed by atoms with Gasteiger partial charge in [0.2, 0.25) is 0 Å². The van der Waals surface area contributed by atoms with Crippen molar-refractivity contribution in [1.82, 2.24) is 14.5 Å². The molecule has 4 heteroatoms. The van der Waals surface area contributed by atoms with Gasteiger partial charge in [0.15, 0.2) is 0 Å². The Bertz CT molecular complexity index is 845. The van der Waals surface area contributed by atoms with Crippen LogP contribution in [0.25, 0.3) is 23.2 Å². The van der Waals surface area contributed by atoms with Crippen molar-refractivity contribution in [2.45, 2.75) is 20.5 Å². The van der Waals surface area contributed by atoms with Gasteiger partial charge in [-0.3, -0.25) is 4.90 Å². The summed E-state index contributed by atoms with van der Waals surface area (Å²) in [6.07, 6.45) is 4.19. The summed E-state index contributed by atoms with van der Waals surface area (Å²) in [4.78, 5) is 7.20. The first kappa shape index (κ1) is 17.2. The van der Waals surface area contributed by atoms with Crippen molar-refractivity contribution < 1.29 is 4.74 Å². The first-order valence-corrected chi connectivity index (χ1v) is 8.75. The molecule has 2 aromatic carbocycles. The highest BCUT2D eigenvalue weighted by molar-refractivity contribution is 5.79. The van der Waals surface area contributed by atoms with E-state index in [1.807, 2.05) is 30.3 Å². The number of imidazole rings is 1. The third kappa shape index (κ3) is 3.91. The number of hydrogen-bond donors (Lipinski definition) is 0. The predicted molar refractivity (Wildman–Crippen MR) is 105 cm³/mol. The summed E-state index contributed by atoms with van der Waals surface area (Å²) in [5.41, 5.74) is 3.33. The second-order valence-corrected chi connectivity index (χ2v) is 5.94. The van der Waals surface area contributed by atoms with Crippen LogP contribution in [0.2, 0.25) is 0 Å². The van der Waals surface area contributed by atoms with Crippen molar-refractivity contribution in [3.8, 4) is 5.75 Å². The molecule has 0 bridgehead atoms. The van der Waals surface area contributed by atoms with Crippen LogP contribution in [-0.4, -0.2) is 34.7 Å². The largest absolute Gasteiger partial charge is 0.497 e. The van der Waals surface area contributed by atoms with Crippen LogP contribution in [0.15, 0.2) is 48.5 Å². The zero-order valence-corrected chi connectivity index (χ0v) is 15.1. The van der Waals surface area contributed by atoms with Gasteiger partial charge in [-0.25, -0.2) is 4.98 Å². The zero-order valence-electron chi connectivity index (χ0n) is 15.1. The van der Waals surface area contributed by atoms with E-state index in [1.54, 1.807) is 7.11 Å². The number of rotatable bonds is 7. The van der Waals surface area contributed by atoms with Crippen LogP contribution in [0.5, 0.6) is 5.75 Å². The first-order chi connectivity index (χ1) is 12.2. The molecule has 0 aliphatic heterocycles. The Morgan fingerprint density at radius 3 is 2.40 bits per heavy atom. The molecule has 4 nitrogen and oxygen atoms in total. The van der Waals surface area contributed by atoms with E-state index in [1.165, 1.54) is 5.52 Å².